The Morgan fingerprint density at radius 3 is 2.28 bits per heavy atom. The quantitative estimate of drug-likeness (QED) is 0.722. The predicted molar refractivity (Wildman–Crippen MR) is 62.0 cm³/mol. The van der Waals surface area contributed by atoms with Gasteiger partial charge in [0.2, 0.25) is 5.91 Å². The Hall–Kier alpha value is -2.18. The van der Waals surface area contributed by atoms with Crippen molar-refractivity contribution in [2.45, 2.75) is 6.92 Å². The van der Waals surface area contributed by atoms with E-state index in [0.29, 0.717) is 6.54 Å². The lowest BCUT2D eigenvalue weighted by atomic mass is 10.1. The Morgan fingerprint density at radius 1 is 1.28 bits per heavy atom. The second-order valence-electron chi connectivity index (χ2n) is 3.49. The second-order valence-corrected chi connectivity index (χ2v) is 3.49. The highest BCUT2D eigenvalue weighted by molar-refractivity contribution is 5.96. The summed E-state index contributed by atoms with van der Waals surface area (Å²) < 4.78 is 27.0. The minimum atomic E-state index is -0.874. The van der Waals surface area contributed by atoms with Crippen molar-refractivity contribution in [3.8, 4) is 0 Å². The molecule has 4 N–H and O–H groups in total. The molecular weight excluding hydrogens is 244 g/mol. The van der Waals surface area contributed by atoms with Crippen molar-refractivity contribution in [2.24, 2.45) is 5.73 Å². The third-order valence-corrected chi connectivity index (χ3v) is 2.08. The number of rotatable bonds is 5. The Balaban J connectivity index is 2.91. The number of hydrogen-bond acceptors (Lipinski definition) is 3. The van der Waals surface area contributed by atoms with Gasteiger partial charge in [-0.3, -0.25) is 9.59 Å². The van der Waals surface area contributed by atoms with Gasteiger partial charge in [0.1, 0.15) is 17.3 Å². The highest BCUT2D eigenvalue weighted by atomic mass is 19.1. The summed E-state index contributed by atoms with van der Waals surface area (Å²) in [5.74, 6) is -3.26. The van der Waals surface area contributed by atoms with E-state index >= 15 is 0 Å². The lowest BCUT2D eigenvalue weighted by Crippen LogP contribution is -2.33. The molecule has 0 saturated heterocycles. The standard InChI is InChI=1S/C11H13F2N3O2/c1-2-15-10-7(12)3-6(4-8(10)13)11(18)16-5-9(14)17/h3-4,15H,2,5H2,1H3,(H2,14,17)(H,16,18). The van der Waals surface area contributed by atoms with E-state index in [1.807, 2.05) is 0 Å². The summed E-state index contributed by atoms with van der Waals surface area (Å²) in [6, 6.07) is 1.77. The van der Waals surface area contributed by atoms with Gasteiger partial charge in [0.05, 0.1) is 6.54 Å². The summed E-state index contributed by atoms with van der Waals surface area (Å²) >= 11 is 0. The van der Waals surface area contributed by atoms with Gasteiger partial charge >= 0.3 is 0 Å². The van der Waals surface area contributed by atoms with Crippen molar-refractivity contribution < 1.29 is 18.4 Å². The van der Waals surface area contributed by atoms with E-state index in [1.165, 1.54) is 0 Å². The molecule has 5 nitrogen and oxygen atoms in total. The van der Waals surface area contributed by atoms with Gasteiger partial charge in [-0.15, -0.1) is 0 Å². The maximum atomic E-state index is 13.5. The molecule has 0 fully saturated rings. The number of amides is 2. The number of nitrogens with two attached hydrogens (primary N) is 1. The molecule has 7 heteroatoms. The molecule has 1 aromatic rings. The van der Waals surface area contributed by atoms with Crippen LogP contribution in [0.2, 0.25) is 0 Å². The van der Waals surface area contributed by atoms with Crippen molar-refractivity contribution in [3.63, 3.8) is 0 Å². The van der Waals surface area contributed by atoms with Gasteiger partial charge in [-0.1, -0.05) is 0 Å². The van der Waals surface area contributed by atoms with E-state index in [2.05, 4.69) is 10.6 Å². The summed E-state index contributed by atoms with van der Waals surface area (Å²) in [6.07, 6.45) is 0. The first-order chi connectivity index (χ1) is 8.45. The number of carbonyl (C=O) groups excluding carboxylic acids is 2. The number of anilines is 1. The first-order valence-corrected chi connectivity index (χ1v) is 5.25. The first-order valence-electron chi connectivity index (χ1n) is 5.25. The van der Waals surface area contributed by atoms with E-state index in [4.69, 9.17) is 5.73 Å². The van der Waals surface area contributed by atoms with Crippen molar-refractivity contribution in [1.29, 1.82) is 0 Å². The Bertz CT molecular complexity index is 454. The molecular formula is C11H13F2N3O2. The predicted octanol–water partition coefficient (Wildman–Crippen LogP) is 0.612. The SMILES string of the molecule is CCNc1c(F)cc(C(=O)NCC(N)=O)cc1F. The fraction of sp³-hybridized carbons (Fsp3) is 0.273. The lowest BCUT2D eigenvalue weighted by Gasteiger charge is -2.09. The third-order valence-electron chi connectivity index (χ3n) is 2.08. The average molecular weight is 257 g/mol. The highest BCUT2D eigenvalue weighted by Gasteiger charge is 2.14. The van der Waals surface area contributed by atoms with E-state index in [9.17, 15) is 18.4 Å². The molecule has 18 heavy (non-hydrogen) atoms. The fourth-order valence-electron chi connectivity index (χ4n) is 1.32. The van der Waals surface area contributed by atoms with Crippen molar-refractivity contribution >= 4 is 17.5 Å². The van der Waals surface area contributed by atoms with Gasteiger partial charge in [0.15, 0.2) is 0 Å². The fourth-order valence-corrected chi connectivity index (χ4v) is 1.32. The number of primary amides is 1. The van der Waals surface area contributed by atoms with Crippen LogP contribution in [-0.4, -0.2) is 24.9 Å². The first kappa shape index (κ1) is 13.9. The largest absolute Gasteiger partial charge is 0.381 e. The molecule has 0 aliphatic carbocycles. The minimum absolute atomic E-state index is 0.215. The average Bonchev–Trinajstić information content (AvgIpc) is 2.30. The molecule has 98 valence electrons. The van der Waals surface area contributed by atoms with Gasteiger partial charge < -0.3 is 16.4 Å². The molecule has 0 atom stereocenters. The topological polar surface area (TPSA) is 84.2 Å². The molecule has 1 aromatic carbocycles. The number of carbonyl (C=O) groups is 2. The van der Waals surface area contributed by atoms with Gasteiger partial charge in [-0.05, 0) is 19.1 Å². The minimum Gasteiger partial charge on any atom is -0.381 e. The Morgan fingerprint density at radius 2 is 1.83 bits per heavy atom. The van der Waals surface area contributed by atoms with Crippen molar-refractivity contribution in [2.75, 3.05) is 18.4 Å². The Kier molecular flexibility index (Phi) is 4.59. The molecule has 0 heterocycles. The zero-order valence-electron chi connectivity index (χ0n) is 9.72. The summed E-state index contributed by atoms with van der Waals surface area (Å²) in [5, 5.41) is 4.64. The smallest absolute Gasteiger partial charge is 0.251 e. The zero-order chi connectivity index (χ0) is 13.7. The molecule has 1 rings (SSSR count). The normalized spacial score (nSPS) is 9.94. The molecule has 0 saturated carbocycles. The molecule has 0 unspecified atom stereocenters. The maximum absolute atomic E-state index is 13.5. The van der Waals surface area contributed by atoms with E-state index in [-0.39, 0.29) is 11.3 Å². The molecule has 0 spiro atoms. The maximum Gasteiger partial charge on any atom is 0.251 e. The van der Waals surface area contributed by atoms with Crippen LogP contribution in [0.4, 0.5) is 14.5 Å². The molecule has 0 bridgehead atoms. The second kappa shape index (κ2) is 5.95. The van der Waals surface area contributed by atoms with Crippen LogP contribution in [0.5, 0.6) is 0 Å². The lowest BCUT2D eigenvalue weighted by molar-refractivity contribution is -0.117. The van der Waals surface area contributed by atoms with E-state index in [1.54, 1.807) is 6.92 Å². The number of hydrogen-bond donors (Lipinski definition) is 3. The number of halogens is 2. The number of benzene rings is 1. The summed E-state index contributed by atoms with van der Waals surface area (Å²) in [7, 11) is 0. The van der Waals surface area contributed by atoms with Crippen LogP contribution >= 0.6 is 0 Å². The number of nitrogens with one attached hydrogen (secondary N) is 2. The molecule has 0 aliphatic heterocycles. The highest BCUT2D eigenvalue weighted by Crippen LogP contribution is 2.20. The van der Waals surface area contributed by atoms with Crippen LogP contribution in [0.25, 0.3) is 0 Å². The zero-order valence-corrected chi connectivity index (χ0v) is 9.72. The Labute approximate surface area is 102 Å². The van der Waals surface area contributed by atoms with Crippen LogP contribution in [0, 0.1) is 11.6 Å². The monoisotopic (exact) mass is 257 g/mol. The van der Waals surface area contributed by atoms with Gasteiger partial charge in [0.25, 0.3) is 5.91 Å². The van der Waals surface area contributed by atoms with E-state index < -0.39 is 30.0 Å². The molecule has 0 radical (unpaired) electrons. The van der Waals surface area contributed by atoms with Gasteiger partial charge in [0, 0.05) is 12.1 Å². The summed E-state index contributed by atoms with van der Waals surface area (Å²) in [4.78, 5) is 21.9. The van der Waals surface area contributed by atoms with Crippen molar-refractivity contribution in [1.82, 2.24) is 5.32 Å². The third kappa shape index (κ3) is 3.41. The van der Waals surface area contributed by atoms with Crippen LogP contribution in [-0.2, 0) is 4.79 Å². The van der Waals surface area contributed by atoms with E-state index in [0.717, 1.165) is 12.1 Å². The van der Waals surface area contributed by atoms with Crippen LogP contribution in [0.15, 0.2) is 12.1 Å². The van der Waals surface area contributed by atoms with Crippen LogP contribution in [0.1, 0.15) is 17.3 Å². The van der Waals surface area contributed by atoms with Crippen LogP contribution in [0.3, 0.4) is 0 Å². The molecule has 0 aliphatic rings. The van der Waals surface area contributed by atoms with Gasteiger partial charge in [-0.2, -0.15) is 0 Å². The molecule has 0 aromatic heterocycles. The summed E-state index contributed by atoms with van der Waals surface area (Å²) in [5.41, 5.74) is 4.33. The molecule has 2 amide bonds. The van der Waals surface area contributed by atoms with Crippen LogP contribution < -0.4 is 16.4 Å². The summed E-state index contributed by atoms with van der Waals surface area (Å²) in [6.45, 7) is 1.64. The van der Waals surface area contributed by atoms with Crippen molar-refractivity contribution in [3.05, 3.63) is 29.3 Å². The van der Waals surface area contributed by atoms with Gasteiger partial charge in [-0.25, -0.2) is 8.78 Å².